The van der Waals surface area contributed by atoms with Gasteiger partial charge in [-0.1, -0.05) is 115 Å². The predicted octanol–water partition coefficient (Wildman–Crippen LogP) is 13.1. The normalized spacial score (nSPS) is 12.0. The van der Waals surface area contributed by atoms with E-state index >= 15 is 0 Å². The zero-order valence-corrected chi connectivity index (χ0v) is 29.5. The summed E-state index contributed by atoms with van der Waals surface area (Å²) < 4.78 is 11.5. The molecule has 0 N–H and O–H groups in total. The van der Waals surface area contributed by atoms with Crippen LogP contribution in [0.3, 0.4) is 0 Å². The maximum absolute atomic E-state index is 6.70. The average molecular weight is 703 g/mol. The number of hydrogen-bond acceptors (Lipinski definition) is 3. The first-order chi connectivity index (χ1) is 27.3. The smallest absolute Gasteiger partial charge is 0.160 e. The van der Waals surface area contributed by atoms with Gasteiger partial charge in [-0.2, -0.15) is 0 Å². The number of nitrogens with zero attached hydrogens (tertiary/aromatic N) is 4. The lowest BCUT2D eigenvalue weighted by molar-refractivity contribution is 0.673. The van der Waals surface area contributed by atoms with E-state index in [1.165, 1.54) is 10.8 Å². The summed E-state index contributed by atoms with van der Waals surface area (Å²) in [5, 5.41) is 7.95. The Hall–Kier alpha value is -7.50. The van der Waals surface area contributed by atoms with E-state index in [1.807, 2.05) is 24.3 Å². The van der Waals surface area contributed by atoms with Gasteiger partial charge >= 0.3 is 0 Å². The fraction of sp³-hybridized carbons (Fsp3) is 0. The molecule has 0 atom stereocenters. The molecule has 0 bridgehead atoms. The van der Waals surface area contributed by atoms with Gasteiger partial charge in [0.2, 0.25) is 0 Å². The molecule has 0 aliphatic rings. The van der Waals surface area contributed by atoms with Crippen LogP contribution in [0.2, 0.25) is 0 Å². The second kappa shape index (κ2) is 11.5. The van der Waals surface area contributed by atoms with Crippen molar-refractivity contribution in [2.45, 2.75) is 0 Å². The number of rotatable bonds is 4. The van der Waals surface area contributed by atoms with Gasteiger partial charge in [0.1, 0.15) is 11.2 Å². The maximum Gasteiger partial charge on any atom is 0.160 e. The standard InChI is InChI=1S/C50H30N4O/c1-3-13-31(14-4-1)46-39-19-7-10-20-41(39)51-50(52-46)32-23-25-34(26-24-32)53-42-21-11-8-17-35(42)37-27-28-40-45-43(54(48(40)47(37)53)33-15-5-2-6-16-33)30-29-38-36-18-9-12-22-44(36)55-49(38)45/h1-30H. The lowest BCUT2D eigenvalue weighted by Gasteiger charge is -2.13. The lowest BCUT2D eigenvalue weighted by atomic mass is 10.1. The van der Waals surface area contributed by atoms with Crippen LogP contribution in [0.4, 0.5) is 0 Å². The molecule has 0 amide bonds. The highest BCUT2D eigenvalue weighted by molar-refractivity contribution is 6.29. The largest absolute Gasteiger partial charge is 0.455 e. The van der Waals surface area contributed by atoms with Crippen LogP contribution in [-0.2, 0) is 0 Å². The van der Waals surface area contributed by atoms with E-state index < -0.39 is 0 Å². The summed E-state index contributed by atoms with van der Waals surface area (Å²) in [7, 11) is 0. The molecule has 0 saturated carbocycles. The Labute approximate surface area is 315 Å². The minimum Gasteiger partial charge on any atom is -0.455 e. The first-order valence-corrected chi connectivity index (χ1v) is 18.6. The van der Waals surface area contributed by atoms with E-state index in [2.05, 4.69) is 167 Å². The van der Waals surface area contributed by atoms with Crippen molar-refractivity contribution in [3.05, 3.63) is 182 Å². The maximum atomic E-state index is 6.70. The molecule has 256 valence electrons. The van der Waals surface area contributed by atoms with Crippen LogP contribution >= 0.6 is 0 Å². The number of hydrogen-bond donors (Lipinski definition) is 0. The van der Waals surface area contributed by atoms with Crippen molar-refractivity contribution in [2.24, 2.45) is 0 Å². The molecule has 4 aromatic heterocycles. The summed E-state index contributed by atoms with van der Waals surface area (Å²) in [5.74, 6) is 0.702. The van der Waals surface area contributed by atoms with Gasteiger partial charge in [0.05, 0.1) is 38.7 Å². The third-order valence-electron chi connectivity index (χ3n) is 11.1. The Morgan fingerprint density at radius 1 is 0.382 bits per heavy atom. The summed E-state index contributed by atoms with van der Waals surface area (Å²) in [6.07, 6.45) is 0. The third kappa shape index (κ3) is 4.35. The second-order valence-corrected chi connectivity index (χ2v) is 14.1. The number of furan rings is 1. The number of benzene rings is 8. The van der Waals surface area contributed by atoms with Crippen LogP contribution in [0.5, 0.6) is 0 Å². The molecule has 55 heavy (non-hydrogen) atoms. The molecule has 0 radical (unpaired) electrons. The van der Waals surface area contributed by atoms with Crippen LogP contribution < -0.4 is 0 Å². The fourth-order valence-corrected chi connectivity index (χ4v) is 8.71. The minimum atomic E-state index is 0.702. The molecule has 0 aliphatic carbocycles. The molecule has 0 spiro atoms. The van der Waals surface area contributed by atoms with Crippen LogP contribution in [0.15, 0.2) is 186 Å². The van der Waals surface area contributed by atoms with E-state index in [-0.39, 0.29) is 0 Å². The molecule has 12 rings (SSSR count). The molecular weight excluding hydrogens is 673 g/mol. The highest BCUT2D eigenvalue weighted by Gasteiger charge is 2.24. The van der Waals surface area contributed by atoms with Crippen LogP contribution in [0.1, 0.15) is 0 Å². The van der Waals surface area contributed by atoms with Crippen molar-refractivity contribution in [1.82, 2.24) is 19.1 Å². The molecule has 12 aromatic rings. The van der Waals surface area contributed by atoms with Gasteiger partial charge < -0.3 is 13.6 Å². The quantitative estimate of drug-likeness (QED) is 0.183. The molecule has 0 unspecified atom stereocenters. The molecule has 0 fully saturated rings. The molecule has 4 heterocycles. The van der Waals surface area contributed by atoms with Crippen LogP contribution in [-0.4, -0.2) is 19.1 Å². The van der Waals surface area contributed by atoms with Crippen molar-refractivity contribution >= 4 is 76.5 Å². The van der Waals surface area contributed by atoms with E-state index in [4.69, 9.17) is 14.4 Å². The van der Waals surface area contributed by atoms with Gasteiger partial charge in [-0.25, -0.2) is 9.97 Å². The van der Waals surface area contributed by atoms with Crippen LogP contribution in [0.25, 0.3) is 110 Å². The summed E-state index contributed by atoms with van der Waals surface area (Å²) in [5.41, 5.74) is 12.4. The van der Waals surface area contributed by atoms with E-state index in [0.717, 1.165) is 93.9 Å². The first kappa shape index (κ1) is 30.0. The van der Waals surface area contributed by atoms with Gasteiger partial charge in [-0.3, -0.25) is 0 Å². The SMILES string of the molecule is c1ccc(-c2nc(-c3ccc(-n4c5ccccc5c5ccc6c7c8oc9ccccc9c8ccc7n(-c7ccccc7)c6c54)cc3)nc3ccccc23)cc1. The van der Waals surface area contributed by atoms with Gasteiger partial charge in [-0.05, 0) is 66.7 Å². The number of para-hydroxylation sites is 4. The highest BCUT2D eigenvalue weighted by Crippen LogP contribution is 2.45. The molecule has 0 aliphatic heterocycles. The fourth-order valence-electron chi connectivity index (χ4n) is 8.71. The minimum absolute atomic E-state index is 0.702. The summed E-state index contributed by atoms with van der Waals surface area (Å²) in [6.45, 7) is 0. The second-order valence-electron chi connectivity index (χ2n) is 14.1. The molecule has 0 saturated heterocycles. The average Bonchev–Trinajstić information content (AvgIpc) is 3.92. The van der Waals surface area contributed by atoms with Crippen molar-refractivity contribution < 1.29 is 4.42 Å². The van der Waals surface area contributed by atoms with Gasteiger partial charge in [0, 0.05) is 54.8 Å². The number of fused-ring (bicyclic) bond motifs is 12. The van der Waals surface area contributed by atoms with Crippen molar-refractivity contribution in [2.75, 3.05) is 0 Å². The lowest BCUT2D eigenvalue weighted by Crippen LogP contribution is -1.99. The van der Waals surface area contributed by atoms with E-state index in [9.17, 15) is 0 Å². The Morgan fingerprint density at radius 3 is 1.84 bits per heavy atom. The Balaban J connectivity index is 1.14. The summed E-state index contributed by atoms with van der Waals surface area (Å²) >= 11 is 0. The van der Waals surface area contributed by atoms with Gasteiger partial charge in [-0.15, -0.1) is 0 Å². The predicted molar refractivity (Wildman–Crippen MR) is 226 cm³/mol. The van der Waals surface area contributed by atoms with Crippen molar-refractivity contribution in [3.8, 4) is 34.0 Å². The highest BCUT2D eigenvalue weighted by atomic mass is 16.3. The number of aromatic nitrogens is 4. The third-order valence-corrected chi connectivity index (χ3v) is 11.1. The zero-order chi connectivity index (χ0) is 36.0. The zero-order valence-electron chi connectivity index (χ0n) is 29.5. The summed E-state index contributed by atoms with van der Waals surface area (Å²) in [6, 6.07) is 64.1. The Bertz CT molecular complexity index is 3470. The van der Waals surface area contributed by atoms with Gasteiger partial charge in [0.25, 0.3) is 0 Å². The van der Waals surface area contributed by atoms with E-state index in [1.54, 1.807) is 0 Å². The van der Waals surface area contributed by atoms with Gasteiger partial charge in [0.15, 0.2) is 5.82 Å². The molecule has 8 aromatic carbocycles. The Morgan fingerprint density at radius 2 is 1.00 bits per heavy atom. The first-order valence-electron chi connectivity index (χ1n) is 18.6. The van der Waals surface area contributed by atoms with E-state index in [0.29, 0.717) is 5.82 Å². The van der Waals surface area contributed by atoms with Crippen molar-refractivity contribution in [3.63, 3.8) is 0 Å². The molecular formula is C50H30N4O. The summed E-state index contributed by atoms with van der Waals surface area (Å²) in [4.78, 5) is 10.2. The van der Waals surface area contributed by atoms with Crippen molar-refractivity contribution in [1.29, 1.82) is 0 Å². The monoisotopic (exact) mass is 702 g/mol. The molecule has 5 nitrogen and oxygen atoms in total. The van der Waals surface area contributed by atoms with Crippen LogP contribution in [0, 0.1) is 0 Å². The molecule has 5 heteroatoms. The Kier molecular flexibility index (Phi) is 6.27. The topological polar surface area (TPSA) is 48.8 Å².